The van der Waals surface area contributed by atoms with Crippen LogP contribution in [0.15, 0.2) is 18.2 Å². The van der Waals surface area contributed by atoms with Gasteiger partial charge in [-0.3, -0.25) is 0 Å². The van der Waals surface area contributed by atoms with Crippen LogP contribution in [0.1, 0.15) is 0 Å². The Bertz CT molecular complexity index is 410. The first-order valence-corrected chi connectivity index (χ1v) is 21.4. The van der Waals surface area contributed by atoms with E-state index in [2.05, 4.69) is 57.5 Å². The molecule has 0 aliphatic carbocycles. The van der Waals surface area contributed by atoms with Crippen LogP contribution in [0.2, 0.25) is 39.3 Å². The minimum Gasteiger partial charge on any atom is -0.214 e. The van der Waals surface area contributed by atoms with Crippen LogP contribution in [0.25, 0.3) is 0 Å². The van der Waals surface area contributed by atoms with Gasteiger partial charge in [0.2, 0.25) is 0 Å². The van der Waals surface area contributed by atoms with E-state index in [4.69, 9.17) is 0 Å². The topological polar surface area (TPSA) is 0 Å². The van der Waals surface area contributed by atoms with E-state index in [1.165, 1.54) is 7.55 Å². The molecule has 1 aromatic heterocycles. The molecule has 0 fully saturated rings. The second kappa shape index (κ2) is 9.06. The number of hydrogen-bond donors (Lipinski definition) is 0. The zero-order chi connectivity index (χ0) is 13.8. The van der Waals surface area contributed by atoms with Crippen LogP contribution in [-0.4, -0.2) is 16.1 Å². The summed E-state index contributed by atoms with van der Waals surface area (Å²) in [5.41, 5.74) is 0. The van der Waals surface area contributed by atoms with Gasteiger partial charge in [0.05, 0.1) is 8.07 Å². The molecule has 0 bridgehead atoms. The average molecular weight is 421 g/mol. The van der Waals surface area contributed by atoms with Gasteiger partial charge >= 0.3 is 0 Å². The molecule has 0 N–H and O–H groups in total. The Morgan fingerprint density at radius 3 is 1.79 bits per heavy atom. The Morgan fingerprint density at radius 1 is 1.00 bits per heavy atom. The van der Waals surface area contributed by atoms with Crippen molar-refractivity contribution in [1.82, 2.24) is 0 Å². The van der Waals surface area contributed by atoms with Gasteiger partial charge in [0, 0.05) is 25.1 Å². The number of rotatable bonds is 2. The zero-order valence-electron chi connectivity index (χ0n) is 12.4. The van der Waals surface area contributed by atoms with Crippen molar-refractivity contribution in [3.8, 4) is 0 Å². The molecule has 8 heteroatoms. The first-order chi connectivity index (χ1) is 8.23. The molecule has 0 radical (unpaired) electrons. The maximum atomic E-state index is 2.44. The second-order valence-electron chi connectivity index (χ2n) is 6.33. The van der Waals surface area contributed by atoms with Gasteiger partial charge in [-0.05, 0) is 30.2 Å². The molecular weight excluding hydrogens is 399 g/mol. The first-order valence-electron chi connectivity index (χ1n) is 6.04. The molecule has 1 heterocycles. The Hall–Kier alpha value is 1.80. The van der Waals surface area contributed by atoms with E-state index in [0.29, 0.717) is 0 Å². The molecule has 19 heavy (non-hydrogen) atoms. The summed E-state index contributed by atoms with van der Waals surface area (Å²) in [7, 11) is 5.63. The van der Waals surface area contributed by atoms with Crippen LogP contribution in [0.5, 0.6) is 0 Å². The van der Waals surface area contributed by atoms with Crippen molar-refractivity contribution in [2.24, 2.45) is 0 Å². The van der Waals surface area contributed by atoms with E-state index in [0.717, 1.165) is 0 Å². The van der Waals surface area contributed by atoms with E-state index < -0.39 is 16.1 Å². The van der Waals surface area contributed by atoms with Gasteiger partial charge < -0.3 is 0 Å². The predicted molar refractivity (Wildman–Crippen MR) is 104 cm³/mol. The SMILES string of the molecule is C[Si](C)(C)c1ccc[c-]1[Si](C)(C)C.[Fe].p1pp[pH]p1. The maximum absolute atomic E-state index is 2.44. The third kappa shape index (κ3) is 7.57. The monoisotopic (exact) mass is 421 g/mol. The fourth-order valence-corrected chi connectivity index (χ4v) is 31.3. The molecule has 2 rings (SSSR count). The summed E-state index contributed by atoms with van der Waals surface area (Å²) in [6.45, 7) is 14.6. The molecule has 0 aliphatic heterocycles. The van der Waals surface area contributed by atoms with Crippen molar-refractivity contribution in [2.75, 3.05) is 0 Å². The standard InChI is InChI=1S/C11H21Si2.Fe.HP5/c1-12(2,3)10-8-7-9-11(10)13(4,5)6;;1-2-4-5-3-1/h7-9H,1-6H3;;1H/q-1;;. The molecule has 0 amide bonds. The van der Waals surface area contributed by atoms with Gasteiger partial charge in [-0.1, -0.05) is 46.8 Å². The fourth-order valence-electron chi connectivity index (χ4n) is 1.83. The van der Waals surface area contributed by atoms with E-state index in [9.17, 15) is 0 Å². The van der Waals surface area contributed by atoms with E-state index in [-0.39, 0.29) is 17.1 Å². The van der Waals surface area contributed by atoms with Crippen LogP contribution < -0.4 is 10.4 Å². The van der Waals surface area contributed by atoms with Crippen molar-refractivity contribution in [2.45, 2.75) is 39.3 Å². The van der Waals surface area contributed by atoms with Gasteiger partial charge in [0.15, 0.2) is 0 Å². The molecular formula is C11H22FeP5Si2-. The molecule has 2 aromatic rings. The van der Waals surface area contributed by atoms with E-state index in [1.807, 2.05) is 0 Å². The summed E-state index contributed by atoms with van der Waals surface area (Å²) in [5, 5.41) is 3.37. The Labute approximate surface area is 138 Å². The van der Waals surface area contributed by atoms with E-state index in [1.54, 1.807) is 40.6 Å². The molecule has 0 spiro atoms. The molecule has 0 unspecified atom stereocenters. The van der Waals surface area contributed by atoms with Gasteiger partial charge in [0.1, 0.15) is 0 Å². The average Bonchev–Trinajstić information content (AvgIpc) is 2.91. The van der Waals surface area contributed by atoms with Crippen LogP contribution in [0.3, 0.4) is 0 Å². The number of hydrogen-bond acceptors (Lipinski definition) is 0. The first kappa shape index (κ1) is 20.8. The van der Waals surface area contributed by atoms with E-state index >= 15 is 0 Å². The molecule has 0 saturated heterocycles. The minimum atomic E-state index is -1.10. The third-order valence-electron chi connectivity index (χ3n) is 2.65. The summed E-state index contributed by atoms with van der Waals surface area (Å²) >= 11 is 0. The summed E-state index contributed by atoms with van der Waals surface area (Å²) in [6, 6.07) is 6.93. The smallest absolute Gasteiger partial charge is 0.0505 e. The normalized spacial score (nSPS) is 13.4. The van der Waals surface area contributed by atoms with Crippen LogP contribution in [-0.2, 0) is 17.1 Å². The van der Waals surface area contributed by atoms with Crippen LogP contribution >= 0.6 is 37.7 Å². The molecule has 1 aromatic carbocycles. The minimum absolute atomic E-state index is 0. The second-order valence-corrected chi connectivity index (χ2v) is 28.9. The summed E-state index contributed by atoms with van der Waals surface area (Å²) in [4.78, 5) is 0. The fraction of sp³-hybridized carbons (Fsp3) is 0.545. The van der Waals surface area contributed by atoms with Gasteiger partial charge in [0.25, 0.3) is 0 Å². The Morgan fingerprint density at radius 2 is 1.53 bits per heavy atom. The summed E-state index contributed by atoms with van der Waals surface area (Å²) in [6.07, 6.45) is 0. The Balaban J connectivity index is 0.000000454. The van der Waals surface area contributed by atoms with Crippen LogP contribution in [0.4, 0.5) is 0 Å². The van der Waals surface area contributed by atoms with Crippen molar-refractivity contribution < 1.29 is 17.1 Å². The Kier molecular flexibility index (Phi) is 9.92. The largest absolute Gasteiger partial charge is 0.214 e. The maximum Gasteiger partial charge on any atom is 0.0505 e. The molecule has 0 atom stereocenters. The summed E-state index contributed by atoms with van der Waals surface area (Å²) in [5.74, 6) is 0. The van der Waals surface area contributed by atoms with Crippen molar-refractivity contribution >= 4 is 64.3 Å². The molecule has 0 saturated carbocycles. The molecule has 0 aliphatic rings. The quantitative estimate of drug-likeness (QED) is 0.382. The van der Waals surface area contributed by atoms with Gasteiger partial charge in [-0.2, -0.15) is 16.4 Å². The van der Waals surface area contributed by atoms with Crippen molar-refractivity contribution in [3.63, 3.8) is 0 Å². The van der Waals surface area contributed by atoms with Gasteiger partial charge in [-0.15, -0.1) is 0 Å². The van der Waals surface area contributed by atoms with Crippen molar-refractivity contribution in [1.29, 1.82) is 0 Å². The third-order valence-corrected chi connectivity index (χ3v) is 24.5. The molecule has 0 nitrogen and oxygen atoms in total. The predicted octanol–water partition coefficient (Wildman–Crippen LogP) is 6.53. The van der Waals surface area contributed by atoms with Crippen LogP contribution in [0, 0.1) is 0 Å². The van der Waals surface area contributed by atoms with Gasteiger partial charge in [-0.25, -0.2) is 12.1 Å². The zero-order valence-corrected chi connectivity index (χ0v) is 20.1. The van der Waals surface area contributed by atoms with Crippen molar-refractivity contribution in [3.05, 3.63) is 18.2 Å². The molecule has 108 valence electrons. The summed E-state index contributed by atoms with van der Waals surface area (Å²) < 4.78 is 0.